The summed E-state index contributed by atoms with van der Waals surface area (Å²) < 4.78 is 5.46. The minimum Gasteiger partial charge on any atom is -0.478 e. The largest absolute Gasteiger partial charge is 0.478 e. The highest BCUT2D eigenvalue weighted by molar-refractivity contribution is 5.79. The first-order valence-electron chi connectivity index (χ1n) is 5.94. The van der Waals surface area contributed by atoms with Crippen molar-refractivity contribution in [3.63, 3.8) is 0 Å². The minimum absolute atomic E-state index is 0.605. The summed E-state index contributed by atoms with van der Waals surface area (Å²) in [7, 11) is 1.73. The van der Waals surface area contributed by atoms with Gasteiger partial charge in [-0.15, -0.1) is 6.58 Å². The van der Waals surface area contributed by atoms with Crippen LogP contribution in [0.25, 0.3) is 0 Å². The van der Waals surface area contributed by atoms with Crippen molar-refractivity contribution in [3.8, 4) is 5.88 Å². The van der Waals surface area contributed by atoms with E-state index in [0.717, 1.165) is 11.5 Å². The fourth-order valence-electron chi connectivity index (χ4n) is 1.39. The third-order valence-electron chi connectivity index (χ3n) is 2.21. The van der Waals surface area contributed by atoms with Crippen LogP contribution in [0.5, 0.6) is 5.88 Å². The molecule has 0 saturated heterocycles. The molecule has 0 saturated carbocycles. The number of guanidine groups is 1. The molecule has 1 aromatic rings. The van der Waals surface area contributed by atoms with E-state index in [4.69, 9.17) is 4.74 Å². The highest BCUT2D eigenvalue weighted by atomic mass is 16.5. The van der Waals surface area contributed by atoms with Crippen molar-refractivity contribution in [2.75, 3.05) is 20.2 Å². The molecular weight excluding hydrogens is 228 g/mol. The van der Waals surface area contributed by atoms with E-state index in [2.05, 4.69) is 27.2 Å². The van der Waals surface area contributed by atoms with Crippen molar-refractivity contribution in [1.82, 2.24) is 15.6 Å². The average Bonchev–Trinajstić information content (AvgIpc) is 2.41. The second-order valence-corrected chi connectivity index (χ2v) is 3.50. The Morgan fingerprint density at radius 3 is 3.06 bits per heavy atom. The molecule has 1 rings (SSSR count). The van der Waals surface area contributed by atoms with Crippen LogP contribution in [-0.2, 0) is 6.54 Å². The average molecular weight is 248 g/mol. The first-order chi connectivity index (χ1) is 8.81. The third-order valence-corrected chi connectivity index (χ3v) is 2.21. The first kappa shape index (κ1) is 14.0. The summed E-state index contributed by atoms with van der Waals surface area (Å²) in [5.41, 5.74) is 1.00. The quantitative estimate of drug-likeness (QED) is 0.453. The van der Waals surface area contributed by atoms with Gasteiger partial charge >= 0.3 is 0 Å². The lowest BCUT2D eigenvalue weighted by atomic mass is 10.2. The summed E-state index contributed by atoms with van der Waals surface area (Å²) >= 11 is 0. The highest BCUT2D eigenvalue weighted by Gasteiger charge is 2.04. The Kier molecular flexibility index (Phi) is 6.32. The Bertz CT molecular complexity index is 404. The van der Waals surface area contributed by atoms with Crippen LogP contribution in [0.4, 0.5) is 0 Å². The molecule has 18 heavy (non-hydrogen) atoms. The lowest BCUT2D eigenvalue weighted by Crippen LogP contribution is -2.36. The summed E-state index contributed by atoms with van der Waals surface area (Å²) in [5, 5.41) is 6.29. The Balaban J connectivity index is 2.58. The lowest BCUT2D eigenvalue weighted by molar-refractivity contribution is 0.322. The molecule has 0 aliphatic rings. The zero-order chi connectivity index (χ0) is 13.2. The van der Waals surface area contributed by atoms with Gasteiger partial charge in [0.1, 0.15) is 0 Å². The molecule has 0 radical (unpaired) electrons. The number of nitrogens with one attached hydrogen (secondary N) is 2. The molecule has 5 heteroatoms. The SMILES string of the molecule is C=CCNC(=NC)NCc1cccnc1OCC. The topological polar surface area (TPSA) is 58.5 Å². The number of nitrogens with zero attached hydrogens (tertiary/aromatic N) is 2. The molecule has 2 N–H and O–H groups in total. The van der Waals surface area contributed by atoms with E-state index >= 15 is 0 Å². The van der Waals surface area contributed by atoms with Crippen LogP contribution < -0.4 is 15.4 Å². The van der Waals surface area contributed by atoms with Crippen molar-refractivity contribution in [3.05, 3.63) is 36.5 Å². The van der Waals surface area contributed by atoms with Crippen molar-refractivity contribution in [2.24, 2.45) is 4.99 Å². The standard InChI is InChI=1S/C13H20N4O/c1-4-8-16-13(14-3)17-10-11-7-6-9-15-12(11)18-5-2/h4,6-7,9H,1,5,8,10H2,2-3H3,(H2,14,16,17). The van der Waals surface area contributed by atoms with Gasteiger partial charge in [0.05, 0.1) is 6.61 Å². The van der Waals surface area contributed by atoms with Crippen LogP contribution in [-0.4, -0.2) is 31.1 Å². The van der Waals surface area contributed by atoms with Crippen molar-refractivity contribution >= 4 is 5.96 Å². The van der Waals surface area contributed by atoms with E-state index in [9.17, 15) is 0 Å². The number of aromatic nitrogens is 1. The Labute approximate surface area is 108 Å². The maximum Gasteiger partial charge on any atom is 0.218 e. The number of hydrogen-bond acceptors (Lipinski definition) is 3. The molecular formula is C13H20N4O. The van der Waals surface area contributed by atoms with E-state index in [1.807, 2.05) is 19.1 Å². The van der Waals surface area contributed by atoms with Crippen LogP contribution in [0.2, 0.25) is 0 Å². The smallest absolute Gasteiger partial charge is 0.218 e. The second-order valence-electron chi connectivity index (χ2n) is 3.50. The van der Waals surface area contributed by atoms with Crippen LogP contribution in [0.15, 0.2) is 36.0 Å². The Morgan fingerprint density at radius 2 is 2.39 bits per heavy atom. The monoisotopic (exact) mass is 248 g/mol. The molecule has 5 nitrogen and oxygen atoms in total. The number of hydrogen-bond donors (Lipinski definition) is 2. The van der Waals surface area contributed by atoms with Crippen molar-refractivity contribution < 1.29 is 4.74 Å². The second kappa shape index (κ2) is 8.11. The molecule has 0 bridgehead atoms. The molecule has 0 fully saturated rings. The minimum atomic E-state index is 0.605. The van der Waals surface area contributed by atoms with Crippen molar-refractivity contribution in [2.45, 2.75) is 13.5 Å². The number of ether oxygens (including phenoxy) is 1. The molecule has 98 valence electrons. The van der Waals surface area contributed by atoms with Gasteiger partial charge in [0, 0.05) is 31.9 Å². The van der Waals surface area contributed by atoms with Crippen LogP contribution in [0.1, 0.15) is 12.5 Å². The summed E-state index contributed by atoms with van der Waals surface area (Å²) in [6.07, 6.45) is 3.50. The molecule has 0 aliphatic heterocycles. The van der Waals surface area contributed by atoms with Gasteiger partial charge in [-0.25, -0.2) is 4.98 Å². The number of pyridine rings is 1. The Morgan fingerprint density at radius 1 is 1.56 bits per heavy atom. The normalized spacial score (nSPS) is 10.9. The number of rotatable bonds is 6. The van der Waals surface area contributed by atoms with E-state index in [1.54, 1.807) is 19.3 Å². The zero-order valence-electron chi connectivity index (χ0n) is 10.9. The van der Waals surface area contributed by atoms with Gasteiger partial charge in [0.2, 0.25) is 5.88 Å². The van der Waals surface area contributed by atoms with Gasteiger partial charge in [0.15, 0.2) is 5.96 Å². The van der Waals surface area contributed by atoms with E-state index in [-0.39, 0.29) is 0 Å². The molecule has 0 aromatic carbocycles. The first-order valence-corrected chi connectivity index (χ1v) is 5.94. The summed E-state index contributed by atoms with van der Waals surface area (Å²) in [6.45, 7) is 7.48. The third kappa shape index (κ3) is 4.45. The molecule has 1 aromatic heterocycles. The van der Waals surface area contributed by atoms with Crippen LogP contribution >= 0.6 is 0 Å². The predicted octanol–water partition coefficient (Wildman–Crippen LogP) is 1.33. The maximum absolute atomic E-state index is 5.46. The van der Waals surface area contributed by atoms with Gasteiger partial charge in [0.25, 0.3) is 0 Å². The van der Waals surface area contributed by atoms with Gasteiger partial charge in [-0.3, -0.25) is 4.99 Å². The maximum atomic E-state index is 5.46. The predicted molar refractivity (Wildman–Crippen MR) is 73.8 cm³/mol. The molecule has 0 unspecified atom stereocenters. The van der Waals surface area contributed by atoms with Crippen LogP contribution in [0, 0.1) is 0 Å². The molecule has 0 spiro atoms. The summed E-state index contributed by atoms with van der Waals surface area (Å²) in [6, 6.07) is 3.87. The number of aliphatic imine (C=N–C) groups is 1. The van der Waals surface area contributed by atoms with E-state index in [0.29, 0.717) is 25.6 Å². The van der Waals surface area contributed by atoms with E-state index in [1.165, 1.54) is 0 Å². The van der Waals surface area contributed by atoms with Gasteiger partial charge < -0.3 is 15.4 Å². The zero-order valence-corrected chi connectivity index (χ0v) is 10.9. The van der Waals surface area contributed by atoms with Crippen molar-refractivity contribution in [1.29, 1.82) is 0 Å². The fourth-order valence-corrected chi connectivity index (χ4v) is 1.39. The van der Waals surface area contributed by atoms with Crippen LogP contribution in [0.3, 0.4) is 0 Å². The van der Waals surface area contributed by atoms with Gasteiger partial charge in [-0.1, -0.05) is 12.1 Å². The fraction of sp³-hybridized carbons (Fsp3) is 0.385. The van der Waals surface area contributed by atoms with E-state index < -0.39 is 0 Å². The molecule has 1 heterocycles. The van der Waals surface area contributed by atoms with Gasteiger partial charge in [-0.05, 0) is 13.0 Å². The Hall–Kier alpha value is -2.04. The molecule has 0 amide bonds. The summed E-state index contributed by atoms with van der Waals surface area (Å²) in [4.78, 5) is 8.30. The molecule has 0 atom stereocenters. The lowest BCUT2D eigenvalue weighted by Gasteiger charge is -2.12. The van der Waals surface area contributed by atoms with Gasteiger partial charge in [-0.2, -0.15) is 0 Å². The highest BCUT2D eigenvalue weighted by Crippen LogP contribution is 2.13. The summed E-state index contributed by atoms with van der Waals surface area (Å²) in [5.74, 6) is 1.38. The molecule has 0 aliphatic carbocycles.